The van der Waals surface area contributed by atoms with Crippen molar-refractivity contribution in [3.8, 4) is 0 Å². The van der Waals surface area contributed by atoms with Crippen molar-refractivity contribution in [1.29, 1.82) is 0 Å². The fourth-order valence-electron chi connectivity index (χ4n) is 0.328. The molecule has 0 bridgehead atoms. The molecule has 0 aliphatic rings. The lowest BCUT2D eigenvalue weighted by molar-refractivity contribution is 0.713. The first-order valence-corrected chi connectivity index (χ1v) is 7.20. The predicted octanol–water partition coefficient (Wildman–Crippen LogP) is 4.81. The van der Waals surface area contributed by atoms with Crippen molar-refractivity contribution in [2.75, 3.05) is 0 Å². The molecule has 4 heteroatoms. The Balaban J connectivity index is 3.54. The molecule has 0 aromatic rings. The molecule has 0 saturated heterocycles. The SMILES string of the molecule is CC(C)C(Cl)SSC(Cl)C(C)C. The van der Waals surface area contributed by atoms with Gasteiger partial charge in [-0.3, -0.25) is 0 Å². The van der Waals surface area contributed by atoms with Crippen LogP contribution in [0.2, 0.25) is 0 Å². The van der Waals surface area contributed by atoms with Crippen LogP contribution in [0.15, 0.2) is 0 Å². The first-order valence-electron chi connectivity index (χ1n) is 4.05. The number of rotatable bonds is 5. The maximum absolute atomic E-state index is 6.05. The van der Waals surface area contributed by atoms with Gasteiger partial charge in [0.1, 0.15) is 0 Å². The smallest absolute Gasteiger partial charge is 0.0915 e. The minimum atomic E-state index is 0.162. The molecular weight excluding hydrogens is 231 g/mol. The van der Waals surface area contributed by atoms with Gasteiger partial charge < -0.3 is 0 Å². The second-order valence-electron chi connectivity index (χ2n) is 3.38. The van der Waals surface area contributed by atoms with Crippen LogP contribution in [0, 0.1) is 11.8 Å². The first-order chi connectivity index (χ1) is 5.45. The molecule has 0 aromatic heterocycles. The Bertz CT molecular complexity index is 104. The molecule has 12 heavy (non-hydrogen) atoms. The largest absolute Gasteiger partial charge is 0.110 e. The lowest BCUT2D eigenvalue weighted by Crippen LogP contribution is -2.04. The normalized spacial score (nSPS) is 17.0. The van der Waals surface area contributed by atoms with Gasteiger partial charge in [0.25, 0.3) is 0 Å². The second-order valence-corrected chi connectivity index (χ2v) is 7.40. The van der Waals surface area contributed by atoms with E-state index in [1.165, 1.54) is 0 Å². The molecule has 0 rings (SSSR count). The zero-order valence-corrected chi connectivity index (χ0v) is 11.0. The molecule has 2 atom stereocenters. The van der Waals surface area contributed by atoms with E-state index in [0.717, 1.165) is 0 Å². The zero-order chi connectivity index (χ0) is 9.72. The van der Waals surface area contributed by atoms with Crippen molar-refractivity contribution in [3.05, 3.63) is 0 Å². The predicted molar refractivity (Wildman–Crippen MR) is 64.1 cm³/mol. The van der Waals surface area contributed by atoms with Gasteiger partial charge in [-0.15, -0.1) is 23.2 Å². The van der Waals surface area contributed by atoms with Crippen molar-refractivity contribution in [2.45, 2.75) is 37.1 Å². The summed E-state index contributed by atoms with van der Waals surface area (Å²) in [6.45, 7) is 8.46. The van der Waals surface area contributed by atoms with Crippen LogP contribution in [-0.2, 0) is 0 Å². The third kappa shape index (κ3) is 5.85. The summed E-state index contributed by atoms with van der Waals surface area (Å²) in [5.41, 5.74) is 0. The lowest BCUT2D eigenvalue weighted by atomic mass is 10.3. The molecule has 0 amide bonds. The zero-order valence-electron chi connectivity index (χ0n) is 7.88. The van der Waals surface area contributed by atoms with Crippen LogP contribution in [0.5, 0.6) is 0 Å². The minimum Gasteiger partial charge on any atom is -0.110 e. The van der Waals surface area contributed by atoms with Gasteiger partial charge >= 0.3 is 0 Å². The summed E-state index contributed by atoms with van der Waals surface area (Å²) in [5.74, 6) is 1.00. The molecule has 0 fully saturated rings. The standard InChI is InChI=1S/C8H16Cl2S2/c1-5(2)7(9)11-12-8(10)6(3)4/h5-8H,1-4H3. The molecule has 0 heterocycles. The minimum absolute atomic E-state index is 0.162. The average molecular weight is 247 g/mol. The number of halogens is 2. The summed E-state index contributed by atoms with van der Waals surface area (Å²) in [5, 5.41) is 0. The fraction of sp³-hybridized carbons (Fsp3) is 1.00. The van der Waals surface area contributed by atoms with Gasteiger partial charge in [-0.2, -0.15) is 0 Å². The third-order valence-corrected chi connectivity index (χ3v) is 6.61. The molecule has 0 saturated carbocycles. The highest BCUT2D eigenvalue weighted by atomic mass is 35.5. The van der Waals surface area contributed by atoms with Crippen molar-refractivity contribution in [1.82, 2.24) is 0 Å². The van der Waals surface area contributed by atoms with E-state index in [1.54, 1.807) is 21.6 Å². The van der Waals surface area contributed by atoms with Gasteiger partial charge in [0.15, 0.2) is 0 Å². The molecule has 0 nitrogen and oxygen atoms in total. The highest BCUT2D eigenvalue weighted by Crippen LogP contribution is 2.40. The highest BCUT2D eigenvalue weighted by Gasteiger charge is 2.15. The van der Waals surface area contributed by atoms with Crippen molar-refractivity contribution >= 4 is 44.8 Å². The summed E-state index contributed by atoms with van der Waals surface area (Å²) in [6.07, 6.45) is 0. The maximum Gasteiger partial charge on any atom is 0.0915 e. The number of hydrogen-bond acceptors (Lipinski definition) is 2. The molecule has 0 radical (unpaired) electrons. The van der Waals surface area contributed by atoms with Crippen LogP contribution < -0.4 is 0 Å². The quantitative estimate of drug-likeness (QED) is 0.505. The van der Waals surface area contributed by atoms with E-state index < -0.39 is 0 Å². The van der Waals surface area contributed by atoms with Crippen LogP contribution in [0.3, 0.4) is 0 Å². The molecule has 74 valence electrons. The van der Waals surface area contributed by atoms with Crippen LogP contribution in [0.1, 0.15) is 27.7 Å². The first kappa shape index (κ1) is 13.3. The van der Waals surface area contributed by atoms with Crippen LogP contribution in [-0.4, -0.2) is 9.42 Å². The van der Waals surface area contributed by atoms with Gasteiger partial charge in [-0.1, -0.05) is 49.3 Å². The second kappa shape index (κ2) is 6.69. The monoisotopic (exact) mass is 246 g/mol. The van der Waals surface area contributed by atoms with E-state index in [0.29, 0.717) is 11.8 Å². The van der Waals surface area contributed by atoms with Gasteiger partial charge in [0.2, 0.25) is 0 Å². The highest BCUT2D eigenvalue weighted by molar-refractivity contribution is 8.77. The van der Waals surface area contributed by atoms with Crippen molar-refractivity contribution in [2.24, 2.45) is 11.8 Å². The molecule has 0 aliphatic carbocycles. The van der Waals surface area contributed by atoms with Crippen LogP contribution in [0.25, 0.3) is 0 Å². The summed E-state index contributed by atoms with van der Waals surface area (Å²) in [6, 6.07) is 0. The lowest BCUT2D eigenvalue weighted by Gasteiger charge is -2.16. The van der Waals surface area contributed by atoms with Crippen molar-refractivity contribution < 1.29 is 0 Å². The number of hydrogen-bond donors (Lipinski definition) is 0. The Labute approximate surface area is 93.5 Å². The molecule has 0 spiro atoms. The average Bonchev–Trinajstić information content (AvgIpc) is 1.98. The van der Waals surface area contributed by atoms with E-state index in [-0.39, 0.29) is 9.42 Å². The Hall–Kier alpha value is 1.28. The van der Waals surface area contributed by atoms with Gasteiger partial charge in [-0.25, -0.2) is 0 Å². The van der Waals surface area contributed by atoms with Crippen molar-refractivity contribution in [3.63, 3.8) is 0 Å². The van der Waals surface area contributed by atoms with E-state index in [4.69, 9.17) is 23.2 Å². The molecule has 0 aliphatic heterocycles. The van der Waals surface area contributed by atoms with E-state index in [2.05, 4.69) is 27.7 Å². The Morgan fingerprint density at radius 1 is 0.750 bits per heavy atom. The Kier molecular flexibility index (Phi) is 7.41. The van der Waals surface area contributed by atoms with E-state index >= 15 is 0 Å². The molecular formula is C8H16Cl2S2. The molecule has 0 N–H and O–H groups in total. The van der Waals surface area contributed by atoms with E-state index in [9.17, 15) is 0 Å². The summed E-state index contributed by atoms with van der Waals surface area (Å²) >= 11 is 12.1. The molecule has 0 aromatic carbocycles. The van der Waals surface area contributed by atoms with Crippen LogP contribution in [0.4, 0.5) is 0 Å². The fourth-order valence-corrected chi connectivity index (χ4v) is 3.71. The summed E-state index contributed by atoms with van der Waals surface area (Å²) < 4.78 is 0.324. The van der Waals surface area contributed by atoms with E-state index in [1.807, 2.05) is 0 Å². The molecule has 2 unspecified atom stereocenters. The maximum atomic E-state index is 6.05. The summed E-state index contributed by atoms with van der Waals surface area (Å²) in [7, 11) is 3.34. The Morgan fingerprint density at radius 3 is 1.17 bits per heavy atom. The van der Waals surface area contributed by atoms with Gasteiger partial charge in [-0.05, 0) is 11.8 Å². The number of alkyl halides is 2. The Morgan fingerprint density at radius 2 is 1.00 bits per heavy atom. The van der Waals surface area contributed by atoms with Gasteiger partial charge in [0.05, 0.1) is 9.42 Å². The van der Waals surface area contributed by atoms with Gasteiger partial charge in [0, 0.05) is 0 Å². The summed E-state index contributed by atoms with van der Waals surface area (Å²) in [4.78, 5) is 0. The topological polar surface area (TPSA) is 0 Å². The third-order valence-electron chi connectivity index (χ3n) is 1.29. The van der Waals surface area contributed by atoms with Crippen LogP contribution >= 0.6 is 44.8 Å².